The van der Waals surface area contributed by atoms with Crippen molar-refractivity contribution in [2.75, 3.05) is 6.61 Å². The van der Waals surface area contributed by atoms with E-state index in [-0.39, 0.29) is 41.7 Å². The maximum atomic E-state index is 14.1. The van der Waals surface area contributed by atoms with Crippen LogP contribution in [-0.2, 0) is 28.6 Å². The summed E-state index contributed by atoms with van der Waals surface area (Å²) < 4.78 is 18.4. The summed E-state index contributed by atoms with van der Waals surface area (Å²) in [6.45, 7) is 13.0. The summed E-state index contributed by atoms with van der Waals surface area (Å²) >= 11 is 7.53. The summed E-state index contributed by atoms with van der Waals surface area (Å²) in [5, 5.41) is 11.9. The number of hydrogen-bond acceptors (Lipinski definition) is 7. The first kappa shape index (κ1) is 28.0. The van der Waals surface area contributed by atoms with Crippen LogP contribution in [0.4, 0.5) is 0 Å². The summed E-state index contributed by atoms with van der Waals surface area (Å²) in [4.78, 5) is 37.7. The number of esters is 1. The van der Waals surface area contributed by atoms with Crippen molar-refractivity contribution in [1.29, 1.82) is 0 Å². The number of aliphatic hydroxyl groups excluding tert-OH is 1. The zero-order valence-electron chi connectivity index (χ0n) is 23.6. The van der Waals surface area contributed by atoms with E-state index in [9.17, 15) is 19.5 Å². The summed E-state index contributed by atoms with van der Waals surface area (Å²) in [7, 11) is 0. The Hall–Kier alpha value is -1.54. The fraction of sp³-hybridized carbons (Fsp3) is 0.767. The molecule has 0 aromatic rings. The Labute approximate surface area is 230 Å². The molecule has 0 aromatic heterocycles. The molecule has 7 nitrogen and oxygen atoms in total. The lowest BCUT2D eigenvalue weighted by molar-refractivity contribution is -0.223. The molecular weight excluding hydrogens is 508 g/mol. The highest BCUT2D eigenvalue weighted by atomic mass is 35.5. The van der Waals surface area contributed by atoms with Crippen molar-refractivity contribution in [2.24, 2.45) is 28.1 Å². The summed E-state index contributed by atoms with van der Waals surface area (Å²) in [5.41, 5.74) is -2.18. The Kier molecular flexibility index (Phi) is 6.25. The molecule has 1 N–H and O–H groups in total. The second kappa shape index (κ2) is 8.48. The van der Waals surface area contributed by atoms with Gasteiger partial charge in [-0.2, -0.15) is 0 Å². The van der Waals surface area contributed by atoms with Crippen molar-refractivity contribution in [3.05, 3.63) is 23.8 Å². The lowest BCUT2D eigenvalue weighted by Crippen LogP contribution is -2.69. The largest absolute Gasteiger partial charge is 0.458 e. The van der Waals surface area contributed by atoms with Gasteiger partial charge in [-0.3, -0.25) is 14.4 Å². The maximum Gasteiger partial charge on any atom is 0.306 e. The average Bonchev–Trinajstić information content (AvgIpc) is 3.18. The van der Waals surface area contributed by atoms with Crippen LogP contribution < -0.4 is 0 Å². The molecule has 0 aromatic carbocycles. The van der Waals surface area contributed by atoms with Crippen molar-refractivity contribution in [3.8, 4) is 0 Å². The second-order valence-corrected chi connectivity index (χ2v) is 14.8. The third-order valence-electron chi connectivity index (χ3n) is 10.1. The minimum atomic E-state index is -1.38. The highest BCUT2D eigenvalue weighted by molar-refractivity contribution is 6.26. The molecule has 4 aliphatic carbocycles. The van der Waals surface area contributed by atoms with Crippen LogP contribution in [0.5, 0.6) is 0 Å². The molecule has 5 rings (SSSR count). The number of aliphatic hydroxyl groups is 1. The molecule has 4 fully saturated rings. The van der Waals surface area contributed by atoms with E-state index in [1.54, 1.807) is 26.0 Å². The number of ketones is 2. The van der Waals surface area contributed by atoms with Crippen molar-refractivity contribution >= 4 is 29.1 Å². The molecule has 1 heterocycles. The molecule has 3 saturated carbocycles. The predicted molar refractivity (Wildman–Crippen MR) is 141 cm³/mol. The molecule has 0 bridgehead atoms. The highest BCUT2D eigenvalue weighted by Gasteiger charge is 2.79. The zero-order valence-corrected chi connectivity index (χ0v) is 24.3. The number of allylic oxidation sites excluding steroid dienone is 4. The molecule has 38 heavy (non-hydrogen) atoms. The maximum absolute atomic E-state index is 14.1. The van der Waals surface area contributed by atoms with Crippen LogP contribution in [0.15, 0.2) is 23.8 Å². The first-order valence-corrected chi connectivity index (χ1v) is 14.2. The molecule has 1 aliphatic heterocycles. The molecule has 210 valence electrons. The van der Waals surface area contributed by atoms with Gasteiger partial charge in [0, 0.05) is 10.8 Å². The van der Waals surface area contributed by atoms with Gasteiger partial charge >= 0.3 is 5.97 Å². The van der Waals surface area contributed by atoms with E-state index < -0.39 is 51.9 Å². The average molecular weight is 549 g/mol. The molecule has 8 heteroatoms. The van der Waals surface area contributed by atoms with Gasteiger partial charge in [-0.25, -0.2) is 0 Å². The fourth-order valence-corrected chi connectivity index (χ4v) is 9.07. The second-order valence-electron chi connectivity index (χ2n) is 14.2. The summed E-state index contributed by atoms with van der Waals surface area (Å²) in [6.07, 6.45) is 5.88. The van der Waals surface area contributed by atoms with E-state index in [1.807, 2.05) is 40.7 Å². The van der Waals surface area contributed by atoms with Gasteiger partial charge in [0.2, 0.25) is 5.78 Å². The van der Waals surface area contributed by atoms with E-state index in [1.165, 1.54) is 0 Å². The number of alkyl halides is 1. The minimum Gasteiger partial charge on any atom is -0.458 e. The minimum absolute atomic E-state index is 0.0590. The smallest absolute Gasteiger partial charge is 0.306 e. The Morgan fingerprint density at radius 1 is 1.18 bits per heavy atom. The SMILES string of the molecule is CC(C)(C)CC(=O)OCC(=O)[C@@]12OC(C)(C)O[C@@H]1C[C@H]1[C@@H]3CCC4=CC(=O)C=C[C@]4(C)[C@@]3(Cl)[C@@H](O)C[C@@]12C. The Balaban J connectivity index is 1.51. The van der Waals surface area contributed by atoms with Crippen LogP contribution in [0.3, 0.4) is 0 Å². The summed E-state index contributed by atoms with van der Waals surface area (Å²) in [5.74, 6) is -2.06. The van der Waals surface area contributed by atoms with Crippen LogP contribution >= 0.6 is 11.6 Å². The third-order valence-corrected chi connectivity index (χ3v) is 11.0. The number of ether oxygens (including phenoxy) is 3. The highest BCUT2D eigenvalue weighted by Crippen LogP contribution is 2.72. The van der Waals surface area contributed by atoms with E-state index in [4.69, 9.17) is 25.8 Å². The third kappa shape index (κ3) is 3.75. The lowest BCUT2D eigenvalue weighted by Gasteiger charge is -2.64. The van der Waals surface area contributed by atoms with Crippen LogP contribution in [0.1, 0.15) is 80.6 Å². The van der Waals surface area contributed by atoms with Crippen molar-refractivity contribution in [3.63, 3.8) is 0 Å². The topological polar surface area (TPSA) is 99.1 Å². The molecular formula is C30H41ClO7. The molecule has 1 saturated heterocycles. The molecule has 8 atom stereocenters. The van der Waals surface area contributed by atoms with Gasteiger partial charge in [0.1, 0.15) is 0 Å². The van der Waals surface area contributed by atoms with Gasteiger partial charge in [0.15, 0.2) is 23.8 Å². The monoisotopic (exact) mass is 548 g/mol. The van der Waals surface area contributed by atoms with Gasteiger partial charge in [0.05, 0.1) is 23.5 Å². The normalized spacial score (nSPS) is 45.0. The number of halogens is 1. The number of carbonyl (C=O) groups excluding carboxylic acids is 3. The van der Waals surface area contributed by atoms with E-state index in [2.05, 4.69) is 0 Å². The first-order valence-electron chi connectivity index (χ1n) is 13.8. The van der Waals surface area contributed by atoms with Gasteiger partial charge in [-0.15, -0.1) is 11.6 Å². The fourth-order valence-electron chi connectivity index (χ4n) is 8.55. The number of fused-ring (bicyclic) bond motifs is 7. The van der Waals surface area contributed by atoms with Gasteiger partial charge in [-0.05, 0) is 68.9 Å². The van der Waals surface area contributed by atoms with Crippen LogP contribution in [0.25, 0.3) is 0 Å². The predicted octanol–water partition coefficient (Wildman–Crippen LogP) is 4.68. The van der Waals surface area contributed by atoms with E-state index >= 15 is 0 Å². The molecule has 0 amide bonds. The van der Waals surface area contributed by atoms with Crippen molar-refractivity contribution < 1.29 is 33.7 Å². The van der Waals surface area contributed by atoms with Crippen LogP contribution in [0.2, 0.25) is 0 Å². The Bertz CT molecular complexity index is 1130. The molecule has 0 unspecified atom stereocenters. The number of hydrogen-bond donors (Lipinski definition) is 1. The van der Waals surface area contributed by atoms with Gasteiger partial charge in [-0.1, -0.05) is 46.3 Å². The summed E-state index contributed by atoms with van der Waals surface area (Å²) in [6, 6.07) is 0. The quantitative estimate of drug-likeness (QED) is 0.402. The lowest BCUT2D eigenvalue weighted by atomic mass is 9.45. The standard InChI is InChI=1S/C30H41ClO7/c1-25(2,3)15-24(35)36-16-22(34)30-23(37-26(4,5)38-30)13-20-19-9-8-17-12-18(32)10-11-27(17,6)29(19,31)21(33)14-28(20,30)7/h10-12,19-21,23,33H,8-9,13-16H2,1-7H3/t19-,20-,21-,23+,27-,28-,29-,30+/m0/s1. The van der Waals surface area contributed by atoms with E-state index in [0.717, 1.165) is 5.57 Å². The molecule has 0 spiro atoms. The Morgan fingerprint density at radius 2 is 1.87 bits per heavy atom. The zero-order chi connectivity index (χ0) is 28.1. The molecule has 5 aliphatic rings. The number of rotatable bonds is 4. The van der Waals surface area contributed by atoms with Crippen LogP contribution in [0, 0.1) is 28.1 Å². The van der Waals surface area contributed by atoms with Crippen LogP contribution in [-0.4, -0.2) is 57.7 Å². The van der Waals surface area contributed by atoms with E-state index in [0.29, 0.717) is 19.3 Å². The van der Waals surface area contributed by atoms with Gasteiger partial charge < -0.3 is 19.3 Å². The molecule has 0 radical (unpaired) electrons. The first-order chi connectivity index (χ1) is 17.4. The van der Waals surface area contributed by atoms with Gasteiger partial charge in [0.25, 0.3) is 0 Å². The number of Topliss-reactive ketones (excluding diaryl/α,β-unsaturated/α-hetero) is 1. The Morgan fingerprint density at radius 3 is 2.53 bits per heavy atom. The van der Waals surface area contributed by atoms with Crippen molar-refractivity contribution in [1.82, 2.24) is 0 Å². The number of carbonyl (C=O) groups is 3. The van der Waals surface area contributed by atoms with Crippen molar-refractivity contribution in [2.45, 2.75) is 109 Å².